The van der Waals surface area contributed by atoms with Crippen LogP contribution in [0, 0.1) is 11.3 Å². The fourth-order valence-electron chi connectivity index (χ4n) is 3.04. The van der Waals surface area contributed by atoms with E-state index in [1.807, 2.05) is 45.2 Å². The first-order valence-electron chi connectivity index (χ1n) is 6.92. The van der Waals surface area contributed by atoms with Crippen molar-refractivity contribution in [3.05, 3.63) is 30.0 Å². The SMILES string of the molecule is Cn1nc(C(=O)C2CCC(C)(C)C2=O)c2ccccc21. The van der Waals surface area contributed by atoms with Gasteiger partial charge in [-0.25, -0.2) is 0 Å². The molecule has 1 fully saturated rings. The van der Waals surface area contributed by atoms with Crippen LogP contribution in [0.5, 0.6) is 0 Å². The van der Waals surface area contributed by atoms with Gasteiger partial charge in [-0.2, -0.15) is 5.10 Å². The number of ketones is 2. The van der Waals surface area contributed by atoms with Gasteiger partial charge in [-0.1, -0.05) is 32.0 Å². The molecule has 1 saturated carbocycles. The average molecular weight is 270 g/mol. The van der Waals surface area contributed by atoms with Gasteiger partial charge in [0.25, 0.3) is 0 Å². The third kappa shape index (κ3) is 1.79. The molecule has 104 valence electrons. The number of carbonyl (C=O) groups excluding carboxylic acids is 2. The lowest BCUT2D eigenvalue weighted by Gasteiger charge is -2.14. The van der Waals surface area contributed by atoms with Gasteiger partial charge in [-0.3, -0.25) is 14.3 Å². The second-order valence-corrected chi connectivity index (χ2v) is 6.19. The van der Waals surface area contributed by atoms with Crippen molar-refractivity contribution < 1.29 is 9.59 Å². The highest BCUT2D eigenvalue weighted by molar-refractivity contribution is 6.16. The number of aromatic nitrogens is 2. The molecule has 1 aromatic carbocycles. The van der Waals surface area contributed by atoms with E-state index in [1.165, 1.54) is 0 Å². The van der Waals surface area contributed by atoms with Crippen molar-refractivity contribution in [3.63, 3.8) is 0 Å². The molecular weight excluding hydrogens is 252 g/mol. The first-order chi connectivity index (χ1) is 9.42. The molecule has 3 rings (SSSR count). The maximum atomic E-state index is 12.7. The van der Waals surface area contributed by atoms with E-state index in [9.17, 15) is 9.59 Å². The summed E-state index contributed by atoms with van der Waals surface area (Å²) in [6, 6.07) is 7.63. The molecule has 1 aliphatic carbocycles. The summed E-state index contributed by atoms with van der Waals surface area (Å²) >= 11 is 0. The highest BCUT2D eigenvalue weighted by atomic mass is 16.2. The van der Waals surface area contributed by atoms with Crippen molar-refractivity contribution in [3.8, 4) is 0 Å². The van der Waals surface area contributed by atoms with Crippen LogP contribution in [0.2, 0.25) is 0 Å². The van der Waals surface area contributed by atoms with Crippen molar-refractivity contribution in [1.82, 2.24) is 9.78 Å². The van der Waals surface area contributed by atoms with E-state index < -0.39 is 5.92 Å². The standard InChI is InChI=1S/C16H18N2O2/c1-16(2)9-8-11(15(16)20)14(19)13-10-6-4-5-7-12(10)18(3)17-13/h4-7,11H,8-9H2,1-3H3. The van der Waals surface area contributed by atoms with Crippen molar-refractivity contribution in [1.29, 1.82) is 0 Å². The summed E-state index contributed by atoms with van der Waals surface area (Å²) in [6.45, 7) is 3.83. The van der Waals surface area contributed by atoms with Crippen LogP contribution in [0.3, 0.4) is 0 Å². The summed E-state index contributed by atoms with van der Waals surface area (Å²) in [4.78, 5) is 25.0. The average Bonchev–Trinajstić information content (AvgIpc) is 2.89. The molecule has 0 N–H and O–H groups in total. The second kappa shape index (κ2) is 4.27. The number of carbonyl (C=O) groups is 2. The lowest BCUT2D eigenvalue weighted by Crippen LogP contribution is -2.27. The number of Topliss-reactive ketones (excluding diaryl/α,β-unsaturated/α-hetero) is 2. The zero-order chi connectivity index (χ0) is 14.5. The van der Waals surface area contributed by atoms with Crippen LogP contribution in [0.1, 0.15) is 37.2 Å². The smallest absolute Gasteiger partial charge is 0.194 e. The fourth-order valence-corrected chi connectivity index (χ4v) is 3.04. The summed E-state index contributed by atoms with van der Waals surface area (Å²) in [5, 5.41) is 5.16. The maximum absolute atomic E-state index is 12.7. The molecule has 0 radical (unpaired) electrons. The fraction of sp³-hybridized carbons (Fsp3) is 0.438. The predicted molar refractivity (Wildman–Crippen MR) is 76.6 cm³/mol. The summed E-state index contributed by atoms with van der Waals surface area (Å²) in [5.74, 6) is -0.599. The lowest BCUT2D eigenvalue weighted by molar-refractivity contribution is -0.126. The van der Waals surface area contributed by atoms with Gasteiger partial charge in [0.15, 0.2) is 5.78 Å². The van der Waals surface area contributed by atoms with Gasteiger partial charge in [-0.15, -0.1) is 0 Å². The van der Waals surface area contributed by atoms with Crippen LogP contribution in [0.15, 0.2) is 24.3 Å². The van der Waals surface area contributed by atoms with E-state index in [4.69, 9.17) is 0 Å². The minimum Gasteiger partial charge on any atom is -0.298 e. The molecule has 0 amide bonds. The largest absolute Gasteiger partial charge is 0.298 e. The monoisotopic (exact) mass is 270 g/mol. The Morgan fingerprint density at radius 1 is 1.35 bits per heavy atom. The van der Waals surface area contributed by atoms with Crippen LogP contribution >= 0.6 is 0 Å². The molecule has 1 heterocycles. The van der Waals surface area contributed by atoms with Crippen molar-refractivity contribution >= 4 is 22.5 Å². The van der Waals surface area contributed by atoms with E-state index >= 15 is 0 Å². The van der Waals surface area contributed by atoms with E-state index in [1.54, 1.807) is 4.68 Å². The minimum absolute atomic E-state index is 0.0530. The number of aryl methyl sites for hydroxylation is 1. The molecule has 4 heteroatoms. The second-order valence-electron chi connectivity index (χ2n) is 6.19. The number of rotatable bonds is 2. The van der Waals surface area contributed by atoms with Gasteiger partial charge in [-0.05, 0) is 18.9 Å². The van der Waals surface area contributed by atoms with Crippen LogP contribution < -0.4 is 0 Å². The third-order valence-corrected chi connectivity index (χ3v) is 4.35. The highest BCUT2D eigenvalue weighted by Crippen LogP contribution is 2.39. The normalized spacial score (nSPS) is 21.6. The first kappa shape index (κ1) is 13.0. The number of benzene rings is 1. The molecule has 0 bridgehead atoms. The van der Waals surface area contributed by atoms with Crippen LogP contribution in [0.4, 0.5) is 0 Å². The lowest BCUT2D eigenvalue weighted by atomic mass is 9.87. The minimum atomic E-state index is -0.525. The Bertz CT molecular complexity index is 712. The van der Waals surface area contributed by atoms with Crippen molar-refractivity contribution in [2.24, 2.45) is 18.4 Å². The molecule has 0 saturated heterocycles. The Morgan fingerprint density at radius 3 is 2.70 bits per heavy atom. The predicted octanol–water partition coefficient (Wildman–Crippen LogP) is 2.76. The Hall–Kier alpha value is -1.97. The van der Waals surface area contributed by atoms with E-state index in [-0.39, 0.29) is 17.0 Å². The molecule has 1 aromatic heterocycles. The summed E-state index contributed by atoms with van der Waals surface area (Å²) < 4.78 is 1.70. The van der Waals surface area contributed by atoms with Crippen molar-refractivity contribution in [2.75, 3.05) is 0 Å². The van der Waals surface area contributed by atoms with E-state index in [0.29, 0.717) is 12.1 Å². The Morgan fingerprint density at radius 2 is 2.05 bits per heavy atom. The maximum Gasteiger partial charge on any atom is 0.194 e. The van der Waals surface area contributed by atoms with Gasteiger partial charge in [0.1, 0.15) is 11.5 Å². The summed E-state index contributed by atoms with van der Waals surface area (Å²) in [7, 11) is 1.82. The molecule has 20 heavy (non-hydrogen) atoms. The van der Waals surface area contributed by atoms with Gasteiger partial charge < -0.3 is 0 Å². The van der Waals surface area contributed by atoms with Crippen LogP contribution in [0.25, 0.3) is 10.9 Å². The summed E-state index contributed by atoms with van der Waals surface area (Å²) in [5.41, 5.74) is 0.963. The van der Waals surface area contributed by atoms with Gasteiger partial charge in [0, 0.05) is 17.8 Å². The number of nitrogens with zero attached hydrogens (tertiary/aromatic N) is 2. The number of fused-ring (bicyclic) bond motifs is 1. The number of para-hydroxylation sites is 1. The molecule has 2 aromatic rings. The molecule has 0 aliphatic heterocycles. The Labute approximate surface area is 117 Å². The number of hydrogen-bond donors (Lipinski definition) is 0. The molecule has 4 nitrogen and oxygen atoms in total. The molecule has 1 atom stereocenters. The molecule has 1 unspecified atom stereocenters. The van der Waals surface area contributed by atoms with Gasteiger partial charge in [0.05, 0.1) is 11.4 Å². The van der Waals surface area contributed by atoms with Gasteiger partial charge >= 0.3 is 0 Å². The molecule has 0 spiro atoms. The van der Waals surface area contributed by atoms with Crippen LogP contribution in [-0.4, -0.2) is 21.3 Å². The first-order valence-corrected chi connectivity index (χ1v) is 6.92. The topological polar surface area (TPSA) is 52.0 Å². The van der Waals surface area contributed by atoms with E-state index in [0.717, 1.165) is 17.3 Å². The van der Waals surface area contributed by atoms with Crippen LogP contribution in [-0.2, 0) is 11.8 Å². The molecule has 1 aliphatic rings. The number of hydrogen-bond acceptors (Lipinski definition) is 3. The third-order valence-electron chi connectivity index (χ3n) is 4.35. The van der Waals surface area contributed by atoms with Gasteiger partial charge in [0.2, 0.25) is 0 Å². The quantitative estimate of drug-likeness (QED) is 0.623. The Kier molecular flexibility index (Phi) is 2.78. The van der Waals surface area contributed by atoms with Crippen molar-refractivity contribution in [2.45, 2.75) is 26.7 Å². The highest BCUT2D eigenvalue weighted by Gasteiger charge is 2.44. The zero-order valence-electron chi connectivity index (χ0n) is 12.0. The van der Waals surface area contributed by atoms with E-state index in [2.05, 4.69) is 5.10 Å². The Balaban J connectivity index is 2.04. The summed E-state index contributed by atoms with van der Waals surface area (Å²) in [6.07, 6.45) is 1.41. The molecular formula is C16H18N2O2. The zero-order valence-corrected chi connectivity index (χ0v) is 12.0.